The van der Waals surface area contributed by atoms with Crippen LogP contribution >= 0.6 is 15.9 Å². The summed E-state index contributed by atoms with van der Waals surface area (Å²) in [7, 11) is 0. The van der Waals surface area contributed by atoms with Crippen LogP contribution in [0.4, 0.5) is 0 Å². The van der Waals surface area contributed by atoms with Crippen molar-refractivity contribution in [2.75, 3.05) is 6.54 Å². The second-order valence-electron chi connectivity index (χ2n) is 5.73. The van der Waals surface area contributed by atoms with Crippen molar-refractivity contribution in [2.24, 2.45) is 5.73 Å². The molecule has 0 radical (unpaired) electrons. The summed E-state index contributed by atoms with van der Waals surface area (Å²) in [6.45, 7) is 0.705. The second-order valence-corrected chi connectivity index (χ2v) is 6.59. The van der Waals surface area contributed by atoms with Crippen LogP contribution in [-0.2, 0) is 5.41 Å². The largest absolute Gasteiger partial charge is 0.448 e. The van der Waals surface area contributed by atoms with Crippen LogP contribution < -0.4 is 15.2 Å². The predicted octanol–water partition coefficient (Wildman–Crippen LogP) is 3.09. The van der Waals surface area contributed by atoms with E-state index in [0.29, 0.717) is 6.54 Å². The maximum Gasteiger partial charge on any atom is 0.251 e. The number of benzene rings is 1. The molecule has 3 nitrogen and oxygen atoms in total. The maximum atomic E-state index is 6.01. The number of halogens is 1. The lowest BCUT2D eigenvalue weighted by Gasteiger charge is -2.35. The molecule has 2 fully saturated rings. The molecule has 0 aromatic heterocycles. The molecule has 4 heteroatoms. The Kier molecular flexibility index (Phi) is 2.11. The molecule has 2 aliphatic carbocycles. The van der Waals surface area contributed by atoms with E-state index in [2.05, 4.69) is 22.0 Å². The first-order chi connectivity index (χ1) is 8.66. The number of hydrogen-bond donors (Lipinski definition) is 1. The van der Waals surface area contributed by atoms with Gasteiger partial charge in [-0.2, -0.15) is 0 Å². The van der Waals surface area contributed by atoms with Gasteiger partial charge in [0.25, 0.3) is 5.79 Å². The van der Waals surface area contributed by atoms with E-state index < -0.39 is 0 Å². The molecule has 0 saturated heterocycles. The molecule has 1 heterocycles. The van der Waals surface area contributed by atoms with Gasteiger partial charge in [-0.1, -0.05) is 15.9 Å². The summed E-state index contributed by atoms with van der Waals surface area (Å²) in [5, 5.41) is 0. The van der Waals surface area contributed by atoms with Crippen LogP contribution in [-0.4, -0.2) is 12.3 Å². The molecule has 0 amide bonds. The van der Waals surface area contributed by atoms with Gasteiger partial charge in [-0.05, 0) is 37.0 Å². The Hall–Kier alpha value is -0.740. The fourth-order valence-corrected chi connectivity index (χ4v) is 3.67. The van der Waals surface area contributed by atoms with Crippen molar-refractivity contribution in [1.82, 2.24) is 0 Å². The zero-order valence-corrected chi connectivity index (χ0v) is 11.8. The average molecular weight is 310 g/mol. The molecule has 0 unspecified atom stereocenters. The Morgan fingerprint density at radius 3 is 2.28 bits per heavy atom. The third kappa shape index (κ3) is 1.39. The van der Waals surface area contributed by atoms with Crippen molar-refractivity contribution in [3.63, 3.8) is 0 Å². The Bertz CT molecular complexity index is 521. The summed E-state index contributed by atoms with van der Waals surface area (Å²) in [5.41, 5.74) is 7.37. The highest BCUT2D eigenvalue weighted by atomic mass is 79.9. The van der Waals surface area contributed by atoms with Gasteiger partial charge < -0.3 is 15.2 Å². The van der Waals surface area contributed by atoms with Crippen LogP contribution in [0.3, 0.4) is 0 Å². The Labute approximate surface area is 115 Å². The van der Waals surface area contributed by atoms with Gasteiger partial charge in [0.15, 0.2) is 11.5 Å². The number of hydrogen-bond acceptors (Lipinski definition) is 3. The molecule has 1 aromatic carbocycles. The lowest BCUT2D eigenvalue weighted by molar-refractivity contribution is -0.138. The van der Waals surface area contributed by atoms with E-state index in [1.165, 1.54) is 24.8 Å². The van der Waals surface area contributed by atoms with Gasteiger partial charge in [-0.3, -0.25) is 0 Å². The number of rotatable bonds is 2. The van der Waals surface area contributed by atoms with E-state index in [-0.39, 0.29) is 11.2 Å². The molecular weight excluding hydrogens is 294 g/mol. The van der Waals surface area contributed by atoms with Gasteiger partial charge in [0.05, 0.1) is 0 Å². The van der Waals surface area contributed by atoms with E-state index in [9.17, 15) is 0 Å². The monoisotopic (exact) mass is 309 g/mol. The molecule has 18 heavy (non-hydrogen) atoms. The van der Waals surface area contributed by atoms with Gasteiger partial charge in [-0.15, -0.1) is 0 Å². The summed E-state index contributed by atoms with van der Waals surface area (Å²) in [6, 6.07) is 4.18. The van der Waals surface area contributed by atoms with Gasteiger partial charge in [0, 0.05) is 29.3 Å². The topological polar surface area (TPSA) is 44.5 Å². The Morgan fingerprint density at radius 1 is 1.11 bits per heavy atom. The van der Waals surface area contributed by atoms with E-state index >= 15 is 0 Å². The smallest absolute Gasteiger partial charge is 0.251 e. The lowest BCUT2D eigenvalue weighted by atomic mass is 9.91. The Morgan fingerprint density at radius 2 is 1.78 bits per heavy atom. The summed E-state index contributed by atoms with van der Waals surface area (Å²) >= 11 is 3.65. The maximum absolute atomic E-state index is 6.01. The minimum absolute atomic E-state index is 0.173. The van der Waals surface area contributed by atoms with Crippen LogP contribution in [0.5, 0.6) is 11.5 Å². The van der Waals surface area contributed by atoms with Gasteiger partial charge >= 0.3 is 0 Å². The first-order valence-electron chi connectivity index (χ1n) is 6.59. The molecule has 2 N–H and O–H groups in total. The molecule has 1 spiro atoms. The zero-order valence-electron chi connectivity index (χ0n) is 10.2. The predicted molar refractivity (Wildman–Crippen MR) is 71.9 cm³/mol. The van der Waals surface area contributed by atoms with Crippen LogP contribution in [0, 0.1) is 0 Å². The first-order valence-corrected chi connectivity index (χ1v) is 7.38. The van der Waals surface area contributed by atoms with Crippen LogP contribution in [0.25, 0.3) is 0 Å². The molecule has 4 rings (SSSR count). The minimum atomic E-state index is -0.347. The van der Waals surface area contributed by atoms with Gasteiger partial charge in [-0.25, -0.2) is 0 Å². The van der Waals surface area contributed by atoms with Crippen molar-refractivity contribution >= 4 is 15.9 Å². The molecule has 96 valence electrons. The molecule has 2 saturated carbocycles. The summed E-state index contributed by atoms with van der Waals surface area (Å²) in [4.78, 5) is 0. The highest BCUT2D eigenvalue weighted by Gasteiger charge is 2.49. The molecule has 3 aliphatic rings. The first kappa shape index (κ1) is 11.1. The van der Waals surface area contributed by atoms with E-state index in [0.717, 1.165) is 28.8 Å². The third-order valence-electron chi connectivity index (χ3n) is 4.56. The van der Waals surface area contributed by atoms with Gasteiger partial charge in [0.1, 0.15) is 0 Å². The standard InChI is InChI=1S/C14H16BrNO2/c15-10-7-12-11(17-14(18-12)2-1-3-14)6-9(10)13(8-16)4-5-13/h6-7H,1-5,8,16H2. The minimum Gasteiger partial charge on any atom is -0.448 e. The normalized spacial score (nSPS) is 25.0. The Balaban J connectivity index is 1.74. The van der Waals surface area contributed by atoms with E-state index in [4.69, 9.17) is 15.2 Å². The molecule has 1 aliphatic heterocycles. The summed E-state index contributed by atoms with van der Waals surface area (Å²) < 4.78 is 13.1. The number of nitrogens with two attached hydrogens (primary N) is 1. The molecule has 1 aromatic rings. The zero-order chi connectivity index (χ0) is 12.4. The molecule has 0 atom stereocenters. The lowest BCUT2D eigenvalue weighted by Crippen LogP contribution is -2.45. The van der Waals surface area contributed by atoms with Crippen molar-refractivity contribution in [3.8, 4) is 11.5 Å². The number of ether oxygens (including phenoxy) is 2. The van der Waals surface area contributed by atoms with Crippen LogP contribution in [0.1, 0.15) is 37.7 Å². The fourth-order valence-electron chi connectivity index (χ4n) is 2.93. The summed E-state index contributed by atoms with van der Waals surface area (Å²) in [6.07, 6.45) is 5.53. The van der Waals surface area contributed by atoms with Crippen LogP contribution in [0.15, 0.2) is 16.6 Å². The van der Waals surface area contributed by atoms with E-state index in [1.54, 1.807) is 0 Å². The van der Waals surface area contributed by atoms with Crippen molar-refractivity contribution in [3.05, 3.63) is 22.2 Å². The van der Waals surface area contributed by atoms with Gasteiger partial charge in [0.2, 0.25) is 0 Å². The molecule has 0 bridgehead atoms. The third-order valence-corrected chi connectivity index (χ3v) is 5.21. The van der Waals surface area contributed by atoms with Crippen molar-refractivity contribution < 1.29 is 9.47 Å². The highest BCUT2D eigenvalue weighted by molar-refractivity contribution is 9.10. The van der Waals surface area contributed by atoms with Crippen molar-refractivity contribution in [1.29, 1.82) is 0 Å². The SMILES string of the molecule is NCC1(c2cc3c(cc2Br)OC2(CCC2)O3)CC1. The fraction of sp³-hybridized carbons (Fsp3) is 0.571. The quantitative estimate of drug-likeness (QED) is 0.913. The highest BCUT2D eigenvalue weighted by Crippen LogP contribution is 2.55. The number of fused-ring (bicyclic) bond motifs is 1. The van der Waals surface area contributed by atoms with Crippen molar-refractivity contribution in [2.45, 2.75) is 43.3 Å². The molecular formula is C14H16BrNO2. The average Bonchev–Trinajstić information content (AvgIpc) is 3.01. The van der Waals surface area contributed by atoms with Crippen LogP contribution in [0.2, 0.25) is 0 Å². The van der Waals surface area contributed by atoms with E-state index in [1.807, 2.05) is 6.07 Å². The second kappa shape index (κ2) is 3.42. The summed E-state index contributed by atoms with van der Waals surface area (Å²) in [5.74, 6) is 1.42.